The third kappa shape index (κ3) is 4.18. The fourth-order valence-electron chi connectivity index (χ4n) is 1.67. The fourth-order valence-corrected chi connectivity index (χ4v) is 1.67. The number of hydrogen-bond donors (Lipinski definition) is 2. The molecule has 102 valence electrons. The molecule has 2 N–H and O–H groups in total. The summed E-state index contributed by atoms with van der Waals surface area (Å²) in [5.41, 5.74) is 0.748. The van der Waals surface area contributed by atoms with Crippen molar-refractivity contribution in [2.75, 3.05) is 6.61 Å². The van der Waals surface area contributed by atoms with Gasteiger partial charge in [-0.3, -0.25) is 5.41 Å². The van der Waals surface area contributed by atoms with Gasteiger partial charge in [0.1, 0.15) is 6.61 Å². The third-order valence-electron chi connectivity index (χ3n) is 2.58. The Balaban J connectivity index is 2.57. The van der Waals surface area contributed by atoms with Crippen LogP contribution in [-0.4, -0.2) is 29.9 Å². The number of rotatable bonds is 4. The van der Waals surface area contributed by atoms with E-state index >= 15 is 0 Å². The van der Waals surface area contributed by atoms with E-state index in [1.165, 1.54) is 0 Å². The highest BCUT2D eigenvalue weighted by Crippen LogP contribution is 2.30. The number of allylic oxidation sites excluding steroid dienone is 2. The van der Waals surface area contributed by atoms with E-state index in [9.17, 15) is 13.2 Å². The Morgan fingerprint density at radius 2 is 2.17 bits per heavy atom. The summed E-state index contributed by atoms with van der Waals surface area (Å²) in [7, 11) is 0. The molecule has 1 rings (SSSR count). The molecule has 0 saturated heterocycles. The molecule has 0 spiro atoms. The molecule has 0 saturated carbocycles. The van der Waals surface area contributed by atoms with E-state index in [0.717, 1.165) is 25.3 Å². The zero-order chi connectivity index (χ0) is 13.8. The zero-order valence-corrected chi connectivity index (χ0v) is 10.00. The largest absolute Gasteiger partial charge is 0.476 e. The molecule has 0 bridgehead atoms. The van der Waals surface area contributed by atoms with E-state index in [-0.39, 0.29) is 6.61 Å². The summed E-state index contributed by atoms with van der Waals surface area (Å²) in [5.74, 6) is -3.22. The lowest BCUT2D eigenvalue weighted by Crippen LogP contribution is -2.39. The smallest absolute Gasteiger partial charge is 0.402 e. The van der Waals surface area contributed by atoms with Crippen LogP contribution in [0.2, 0.25) is 0 Å². The Morgan fingerprint density at radius 3 is 2.61 bits per heavy atom. The van der Waals surface area contributed by atoms with E-state index in [1.54, 1.807) is 6.08 Å². The minimum absolute atomic E-state index is 0.0748. The van der Waals surface area contributed by atoms with Gasteiger partial charge in [-0.1, -0.05) is 18.2 Å². The molecule has 2 atom stereocenters. The van der Waals surface area contributed by atoms with Crippen LogP contribution in [0.5, 0.6) is 0 Å². The van der Waals surface area contributed by atoms with Crippen LogP contribution >= 0.6 is 0 Å². The normalized spacial score (nSPS) is 19.1. The Labute approximate surface area is 103 Å². The molecule has 3 nitrogen and oxygen atoms in total. The highest BCUT2D eigenvalue weighted by Gasteiger charge is 2.47. The summed E-state index contributed by atoms with van der Waals surface area (Å²) in [6.45, 7) is 0.921. The van der Waals surface area contributed by atoms with Crippen molar-refractivity contribution in [2.24, 2.45) is 5.92 Å². The van der Waals surface area contributed by atoms with E-state index in [2.05, 4.69) is 0 Å². The molecule has 1 unspecified atom stereocenters. The minimum Gasteiger partial charge on any atom is -0.476 e. The number of nitrogens with one attached hydrogen (secondary N) is 1. The standard InChI is InChI=1S/C12H16F3NO2/c1-8(17)10(12(13,14)15)11(16)18-7-9-5-3-2-4-6-9/h3,5-6,8,10,16-17H,2,4,7H2,1H3/t8-,10?/m0/s1. The molecule has 0 aromatic heterocycles. The van der Waals surface area contributed by atoms with Crippen LogP contribution in [-0.2, 0) is 4.74 Å². The molecule has 0 amide bonds. The first kappa shape index (κ1) is 14.8. The number of alkyl halides is 3. The number of aliphatic hydroxyl groups is 1. The highest BCUT2D eigenvalue weighted by molar-refractivity contribution is 5.77. The van der Waals surface area contributed by atoms with Crippen molar-refractivity contribution in [3.8, 4) is 0 Å². The van der Waals surface area contributed by atoms with Crippen molar-refractivity contribution in [2.45, 2.75) is 32.0 Å². The van der Waals surface area contributed by atoms with Crippen LogP contribution in [0.4, 0.5) is 13.2 Å². The molecule has 0 aromatic rings. The van der Waals surface area contributed by atoms with Gasteiger partial charge in [0.05, 0.1) is 6.10 Å². The minimum atomic E-state index is -4.68. The molecule has 0 fully saturated rings. The van der Waals surface area contributed by atoms with Gasteiger partial charge in [0, 0.05) is 0 Å². The van der Waals surface area contributed by atoms with Gasteiger partial charge in [-0.05, 0) is 25.3 Å². The summed E-state index contributed by atoms with van der Waals surface area (Å²) >= 11 is 0. The lowest BCUT2D eigenvalue weighted by atomic mass is 10.0. The first-order chi connectivity index (χ1) is 8.32. The van der Waals surface area contributed by atoms with Gasteiger partial charge in [0.2, 0.25) is 0 Å². The Bertz CT molecular complexity index is 359. The summed E-state index contributed by atoms with van der Waals surface area (Å²) in [6.07, 6.45) is 0.871. The molecule has 6 heteroatoms. The van der Waals surface area contributed by atoms with Crippen LogP contribution in [0.3, 0.4) is 0 Å². The maximum atomic E-state index is 12.6. The van der Waals surface area contributed by atoms with Crippen molar-refractivity contribution < 1.29 is 23.0 Å². The molecule has 0 radical (unpaired) electrons. The molecule has 0 aromatic carbocycles. The lowest BCUT2D eigenvalue weighted by Gasteiger charge is -2.23. The molecular formula is C12H16F3NO2. The van der Waals surface area contributed by atoms with Gasteiger partial charge in [0.25, 0.3) is 0 Å². The second kappa shape index (κ2) is 6.04. The van der Waals surface area contributed by atoms with Crippen molar-refractivity contribution in [1.29, 1.82) is 5.41 Å². The summed E-state index contributed by atoms with van der Waals surface area (Å²) < 4.78 is 42.5. The fraction of sp³-hybridized carbons (Fsp3) is 0.583. The first-order valence-corrected chi connectivity index (χ1v) is 5.64. The monoisotopic (exact) mass is 263 g/mol. The van der Waals surface area contributed by atoms with Crippen LogP contribution in [0.15, 0.2) is 23.8 Å². The van der Waals surface area contributed by atoms with Crippen LogP contribution in [0, 0.1) is 11.3 Å². The maximum absolute atomic E-state index is 12.6. The summed E-state index contributed by atoms with van der Waals surface area (Å²) in [4.78, 5) is 0. The second-order valence-corrected chi connectivity index (χ2v) is 4.17. The Kier molecular flexibility index (Phi) is 4.95. The third-order valence-corrected chi connectivity index (χ3v) is 2.58. The van der Waals surface area contributed by atoms with Crippen LogP contribution in [0.25, 0.3) is 0 Å². The molecule has 18 heavy (non-hydrogen) atoms. The van der Waals surface area contributed by atoms with Crippen LogP contribution in [0.1, 0.15) is 19.8 Å². The molecule has 0 heterocycles. The van der Waals surface area contributed by atoms with Crippen LogP contribution < -0.4 is 0 Å². The second-order valence-electron chi connectivity index (χ2n) is 4.17. The molecule has 1 aliphatic rings. The van der Waals surface area contributed by atoms with Gasteiger partial charge >= 0.3 is 6.18 Å². The van der Waals surface area contributed by atoms with Crippen molar-refractivity contribution >= 4 is 5.90 Å². The Hall–Kier alpha value is -1.30. The van der Waals surface area contributed by atoms with Crippen molar-refractivity contribution in [1.82, 2.24) is 0 Å². The van der Waals surface area contributed by atoms with E-state index in [0.29, 0.717) is 0 Å². The van der Waals surface area contributed by atoms with Gasteiger partial charge in [-0.2, -0.15) is 13.2 Å². The van der Waals surface area contributed by atoms with Gasteiger partial charge in [-0.15, -0.1) is 0 Å². The number of aliphatic hydroxyl groups excluding tert-OH is 1. The number of halogens is 3. The summed E-state index contributed by atoms with van der Waals surface area (Å²) in [6, 6.07) is 0. The van der Waals surface area contributed by atoms with Gasteiger partial charge in [0.15, 0.2) is 11.8 Å². The average Bonchev–Trinajstić information content (AvgIpc) is 2.25. The quantitative estimate of drug-likeness (QED) is 0.605. The zero-order valence-electron chi connectivity index (χ0n) is 10.00. The van der Waals surface area contributed by atoms with E-state index in [4.69, 9.17) is 15.3 Å². The van der Waals surface area contributed by atoms with Gasteiger partial charge < -0.3 is 9.84 Å². The SMILES string of the molecule is C[C@H](O)C(C(=N)OCC1=CCCC=C1)C(F)(F)F. The van der Waals surface area contributed by atoms with E-state index < -0.39 is 24.1 Å². The van der Waals surface area contributed by atoms with E-state index in [1.807, 2.05) is 12.2 Å². The Morgan fingerprint density at radius 1 is 1.50 bits per heavy atom. The first-order valence-electron chi connectivity index (χ1n) is 5.64. The van der Waals surface area contributed by atoms with Crippen molar-refractivity contribution in [3.05, 3.63) is 23.8 Å². The average molecular weight is 263 g/mol. The lowest BCUT2D eigenvalue weighted by molar-refractivity contribution is -0.180. The summed E-state index contributed by atoms with van der Waals surface area (Å²) in [5, 5.41) is 16.4. The number of hydrogen-bond acceptors (Lipinski definition) is 3. The highest BCUT2D eigenvalue weighted by atomic mass is 19.4. The number of ether oxygens (including phenoxy) is 1. The van der Waals surface area contributed by atoms with Gasteiger partial charge in [-0.25, -0.2) is 0 Å². The molecule has 0 aliphatic heterocycles. The maximum Gasteiger partial charge on any atom is 0.402 e. The molecule has 1 aliphatic carbocycles. The van der Waals surface area contributed by atoms with Crippen molar-refractivity contribution in [3.63, 3.8) is 0 Å². The topological polar surface area (TPSA) is 53.3 Å². The molecular weight excluding hydrogens is 247 g/mol. The predicted octanol–water partition coefficient (Wildman–Crippen LogP) is 2.82. The predicted molar refractivity (Wildman–Crippen MR) is 61.4 cm³/mol.